The van der Waals surface area contributed by atoms with Crippen LogP contribution < -0.4 is 5.32 Å². The lowest BCUT2D eigenvalue weighted by molar-refractivity contribution is -0.122. The summed E-state index contributed by atoms with van der Waals surface area (Å²) in [7, 11) is 0. The van der Waals surface area contributed by atoms with E-state index in [4.69, 9.17) is 5.11 Å². The number of fused-ring (bicyclic) bond motifs is 1. The molecular weight excluding hydrogens is 404 g/mol. The highest BCUT2D eigenvalue weighted by molar-refractivity contribution is 9.10. The largest absolute Gasteiger partial charge is 0.476 e. The topological polar surface area (TPSA) is 105 Å². The molecule has 1 aromatic carbocycles. The Morgan fingerprint density at radius 3 is 2.77 bits per heavy atom. The highest BCUT2D eigenvalue weighted by atomic mass is 79.9. The normalized spacial score (nSPS) is 13.9. The molecule has 26 heavy (non-hydrogen) atoms. The molecule has 136 valence electrons. The number of carboxylic acids is 1. The van der Waals surface area contributed by atoms with Gasteiger partial charge in [0.05, 0.1) is 6.54 Å². The van der Waals surface area contributed by atoms with Crippen LogP contribution in [0.1, 0.15) is 33.0 Å². The van der Waals surface area contributed by atoms with Crippen molar-refractivity contribution in [1.29, 1.82) is 0 Å². The minimum atomic E-state index is -1.18. The Labute approximate surface area is 157 Å². The maximum atomic E-state index is 12.6. The smallest absolute Gasteiger partial charge is 0.356 e. The van der Waals surface area contributed by atoms with E-state index >= 15 is 0 Å². The molecule has 2 amide bonds. The number of hydrogen-bond acceptors (Lipinski definition) is 4. The molecule has 0 radical (unpaired) electrons. The van der Waals surface area contributed by atoms with E-state index < -0.39 is 11.9 Å². The number of aromatic nitrogens is 2. The van der Waals surface area contributed by atoms with Crippen molar-refractivity contribution in [2.24, 2.45) is 0 Å². The third-order valence-corrected chi connectivity index (χ3v) is 4.85. The van der Waals surface area contributed by atoms with Crippen molar-refractivity contribution in [2.75, 3.05) is 13.1 Å². The fourth-order valence-corrected chi connectivity index (χ4v) is 3.18. The van der Waals surface area contributed by atoms with E-state index in [-0.39, 0.29) is 23.8 Å². The van der Waals surface area contributed by atoms with E-state index in [1.807, 2.05) is 24.3 Å². The zero-order valence-corrected chi connectivity index (χ0v) is 15.4. The summed E-state index contributed by atoms with van der Waals surface area (Å²) in [6, 6.07) is 8.81. The Hall–Kier alpha value is -2.68. The van der Waals surface area contributed by atoms with Gasteiger partial charge >= 0.3 is 5.97 Å². The van der Waals surface area contributed by atoms with Crippen LogP contribution in [0.25, 0.3) is 0 Å². The summed E-state index contributed by atoms with van der Waals surface area (Å²) in [5.41, 5.74) is 0.958. The lowest BCUT2D eigenvalue weighted by Crippen LogP contribution is -2.40. The molecular formula is C17H17BrN4O4. The molecule has 0 saturated carbocycles. The Bertz CT molecular complexity index is 864. The quantitative estimate of drug-likeness (QED) is 0.762. The second kappa shape index (κ2) is 7.69. The van der Waals surface area contributed by atoms with Gasteiger partial charge in [0, 0.05) is 30.2 Å². The molecule has 1 aromatic heterocycles. The van der Waals surface area contributed by atoms with Crippen LogP contribution in [0.15, 0.2) is 34.8 Å². The lowest BCUT2D eigenvalue weighted by atomic mass is 10.2. The van der Waals surface area contributed by atoms with Crippen molar-refractivity contribution in [3.05, 3.63) is 51.8 Å². The van der Waals surface area contributed by atoms with Crippen molar-refractivity contribution in [2.45, 2.75) is 19.5 Å². The zero-order chi connectivity index (χ0) is 18.7. The third-order valence-electron chi connectivity index (χ3n) is 4.07. The number of hydrogen-bond donors (Lipinski definition) is 2. The van der Waals surface area contributed by atoms with Crippen molar-refractivity contribution < 1.29 is 19.5 Å². The summed E-state index contributed by atoms with van der Waals surface area (Å²) in [4.78, 5) is 37.3. The molecule has 0 fully saturated rings. The standard InChI is InChI=1S/C17H17BrN4O4/c18-12-5-2-1-4-11(12)9-19-15(23)10-21-6-3-7-22-14(16(21)24)8-13(20-22)17(25)26/h1-2,4-5,8H,3,6-7,9-10H2,(H,19,23)(H,25,26). The van der Waals surface area contributed by atoms with Crippen molar-refractivity contribution >= 4 is 33.7 Å². The van der Waals surface area contributed by atoms with Crippen molar-refractivity contribution in [3.8, 4) is 0 Å². The van der Waals surface area contributed by atoms with E-state index in [1.54, 1.807) is 0 Å². The molecule has 2 N–H and O–H groups in total. The van der Waals surface area contributed by atoms with Crippen molar-refractivity contribution in [3.63, 3.8) is 0 Å². The van der Waals surface area contributed by atoms with Crippen LogP contribution in [0, 0.1) is 0 Å². The van der Waals surface area contributed by atoms with Gasteiger partial charge in [-0.15, -0.1) is 0 Å². The zero-order valence-electron chi connectivity index (χ0n) is 13.8. The maximum absolute atomic E-state index is 12.6. The van der Waals surface area contributed by atoms with Gasteiger partial charge in [0.1, 0.15) is 5.69 Å². The van der Waals surface area contributed by atoms with Crippen LogP contribution >= 0.6 is 15.9 Å². The van der Waals surface area contributed by atoms with Gasteiger partial charge in [0.15, 0.2) is 5.69 Å². The van der Waals surface area contributed by atoms with Gasteiger partial charge in [-0.25, -0.2) is 4.79 Å². The van der Waals surface area contributed by atoms with Crippen LogP contribution in [-0.2, 0) is 17.9 Å². The van der Waals surface area contributed by atoms with Crippen LogP contribution in [-0.4, -0.2) is 50.7 Å². The first-order valence-electron chi connectivity index (χ1n) is 8.06. The molecule has 2 heterocycles. The third kappa shape index (κ3) is 3.93. The van der Waals surface area contributed by atoms with Gasteiger partial charge in [-0.2, -0.15) is 5.10 Å². The van der Waals surface area contributed by atoms with Gasteiger partial charge < -0.3 is 15.3 Å². The van der Waals surface area contributed by atoms with Gasteiger partial charge in [-0.05, 0) is 18.1 Å². The van der Waals surface area contributed by atoms with Crippen LogP contribution in [0.5, 0.6) is 0 Å². The SMILES string of the molecule is O=C(CN1CCCn2nc(C(=O)O)cc2C1=O)NCc1ccccc1Br. The highest BCUT2D eigenvalue weighted by Crippen LogP contribution is 2.16. The number of amides is 2. The van der Waals surface area contributed by atoms with Gasteiger partial charge in [0.2, 0.25) is 5.91 Å². The number of carbonyl (C=O) groups is 3. The van der Waals surface area contributed by atoms with Crippen LogP contribution in [0.2, 0.25) is 0 Å². The number of benzene rings is 1. The minimum Gasteiger partial charge on any atom is -0.476 e. The number of nitrogens with one attached hydrogen (secondary N) is 1. The Morgan fingerprint density at radius 1 is 1.27 bits per heavy atom. The molecule has 1 aliphatic rings. The van der Waals surface area contributed by atoms with E-state index in [0.29, 0.717) is 26.1 Å². The number of nitrogens with zero attached hydrogens (tertiary/aromatic N) is 3. The van der Waals surface area contributed by atoms with E-state index in [0.717, 1.165) is 10.0 Å². The summed E-state index contributed by atoms with van der Waals surface area (Å²) >= 11 is 3.42. The molecule has 8 nitrogen and oxygen atoms in total. The van der Waals surface area contributed by atoms with Gasteiger partial charge in [-0.3, -0.25) is 14.3 Å². The van der Waals surface area contributed by atoms with E-state index in [9.17, 15) is 14.4 Å². The molecule has 0 atom stereocenters. The number of rotatable bonds is 5. The molecule has 1 aliphatic heterocycles. The molecule has 3 rings (SSSR count). The van der Waals surface area contributed by atoms with Crippen molar-refractivity contribution in [1.82, 2.24) is 20.0 Å². The molecule has 0 aliphatic carbocycles. The number of carbonyl (C=O) groups excluding carboxylic acids is 2. The fraction of sp³-hybridized carbons (Fsp3) is 0.294. The van der Waals surface area contributed by atoms with Crippen LogP contribution in [0.3, 0.4) is 0 Å². The summed E-state index contributed by atoms with van der Waals surface area (Å²) < 4.78 is 2.29. The number of aromatic carboxylic acids is 1. The van der Waals surface area contributed by atoms with Crippen LogP contribution in [0.4, 0.5) is 0 Å². The molecule has 0 unspecified atom stereocenters. The van der Waals surface area contributed by atoms with E-state index in [1.165, 1.54) is 15.6 Å². The number of aryl methyl sites for hydroxylation is 1. The maximum Gasteiger partial charge on any atom is 0.356 e. The molecule has 0 saturated heterocycles. The predicted molar refractivity (Wildman–Crippen MR) is 95.7 cm³/mol. The predicted octanol–water partition coefficient (Wildman–Crippen LogP) is 1.51. The van der Waals surface area contributed by atoms with Gasteiger partial charge in [0.25, 0.3) is 5.91 Å². The highest BCUT2D eigenvalue weighted by Gasteiger charge is 2.27. The van der Waals surface area contributed by atoms with Gasteiger partial charge in [-0.1, -0.05) is 34.1 Å². The Morgan fingerprint density at radius 2 is 2.04 bits per heavy atom. The summed E-state index contributed by atoms with van der Waals surface area (Å²) in [5.74, 6) is -1.85. The monoisotopic (exact) mass is 420 g/mol. The average molecular weight is 421 g/mol. The molecule has 9 heteroatoms. The summed E-state index contributed by atoms with van der Waals surface area (Å²) in [6.45, 7) is 1.11. The molecule has 0 spiro atoms. The number of halogens is 1. The molecule has 2 aromatic rings. The second-order valence-electron chi connectivity index (χ2n) is 5.89. The minimum absolute atomic E-state index is 0.0864. The molecule has 0 bridgehead atoms. The average Bonchev–Trinajstić information content (AvgIpc) is 2.98. The first kappa shape index (κ1) is 18.1. The second-order valence-corrected chi connectivity index (χ2v) is 6.75. The first-order chi connectivity index (χ1) is 12.5. The Balaban J connectivity index is 1.65. The fourth-order valence-electron chi connectivity index (χ4n) is 2.75. The van der Waals surface area contributed by atoms with E-state index in [2.05, 4.69) is 26.3 Å². The summed E-state index contributed by atoms with van der Waals surface area (Å²) in [5, 5.41) is 15.8. The lowest BCUT2D eigenvalue weighted by Gasteiger charge is -2.19. The summed E-state index contributed by atoms with van der Waals surface area (Å²) in [6.07, 6.45) is 0.594. The number of carboxylic acid groups (broad SMARTS) is 1. The Kier molecular flexibility index (Phi) is 5.36. The first-order valence-corrected chi connectivity index (χ1v) is 8.85.